The van der Waals surface area contributed by atoms with E-state index in [9.17, 15) is 0 Å². The van der Waals surface area contributed by atoms with Gasteiger partial charge in [-0.05, 0) is 44.2 Å². The summed E-state index contributed by atoms with van der Waals surface area (Å²) in [5, 5.41) is 3.89. The number of benzene rings is 1. The maximum absolute atomic E-state index is 6.19. The molecule has 1 N–H and O–H groups in total. The second-order valence-corrected chi connectivity index (χ2v) is 5.29. The van der Waals surface area contributed by atoms with E-state index in [0.29, 0.717) is 17.3 Å². The lowest BCUT2D eigenvalue weighted by atomic mass is 10.3. The highest BCUT2D eigenvalue weighted by molar-refractivity contribution is 6.32. The molecule has 0 aliphatic rings. The zero-order valence-corrected chi connectivity index (χ0v) is 12.8. The molecule has 0 aliphatic carbocycles. The number of furan rings is 1. The average Bonchev–Trinajstić information content (AvgIpc) is 2.87. The Labute approximate surface area is 124 Å². The Morgan fingerprint density at radius 3 is 2.55 bits per heavy atom. The van der Waals surface area contributed by atoms with Gasteiger partial charge in [0.05, 0.1) is 17.7 Å². The minimum Gasteiger partial charge on any atom is -0.489 e. The van der Waals surface area contributed by atoms with Crippen molar-refractivity contribution in [3.05, 3.63) is 46.9 Å². The van der Waals surface area contributed by atoms with E-state index in [0.717, 1.165) is 23.6 Å². The maximum atomic E-state index is 6.19. The van der Waals surface area contributed by atoms with Crippen LogP contribution in [0.3, 0.4) is 0 Å². The molecule has 2 aromatic rings. The molecule has 3 nitrogen and oxygen atoms in total. The van der Waals surface area contributed by atoms with Crippen LogP contribution in [-0.2, 0) is 13.0 Å². The Kier molecular flexibility index (Phi) is 4.96. The van der Waals surface area contributed by atoms with Crippen LogP contribution in [0.5, 0.6) is 5.75 Å². The Morgan fingerprint density at radius 1 is 1.20 bits per heavy atom. The lowest BCUT2D eigenvalue weighted by molar-refractivity contribution is 0.242. The molecule has 4 heteroatoms. The van der Waals surface area contributed by atoms with Crippen molar-refractivity contribution in [1.29, 1.82) is 0 Å². The van der Waals surface area contributed by atoms with Crippen molar-refractivity contribution in [2.75, 3.05) is 5.32 Å². The molecule has 0 saturated carbocycles. The Hall–Kier alpha value is -1.61. The van der Waals surface area contributed by atoms with E-state index >= 15 is 0 Å². The molecule has 1 aromatic heterocycles. The number of aryl methyl sites for hydroxylation is 1. The van der Waals surface area contributed by atoms with Crippen molar-refractivity contribution in [3.8, 4) is 5.75 Å². The summed E-state index contributed by atoms with van der Waals surface area (Å²) in [5.41, 5.74) is 0.945. The van der Waals surface area contributed by atoms with Gasteiger partial charge in [-0.15, -0.1) is 0 Å². The maximum Gasteiger partial charge on any atom is 0.138 e. The lowest BCUT2D eigenvalue weighted by Crippen LogP contribution is -2.06. The van der Waals surface area contributed by atoms with Crippen molar-refractivity contribution >= 4 is 17.3 Å². The summed E-state index contributed by atoms with van der Waals surface area (Å²) in [6.45, 7) is 6.67. The topological polar surface area (TPSA) is 34.4 Å². The van der Waals surface area contributed by atoms with Crippen molar-refractivity contribution in [1.82, 2.24) is 0 Å². The molecule has 0 fully saturated rings. The van der Waals surface area contributed by atoms with Gasteiger partial charge >= 0.3 is 0 Å². The molecular formula is C16H20ClNO2. The number of hydrogen-bond acceptors (Lipinski definition) is 3. The number of halogens is 1. The smallest absolute Gasteiger partial charge is 0.138 e. The zero-order chi connectivity index (χ0) is 14.5. The van der Waals surface area contributed by atoms with E-state index in [1.807, 2.05) is 44.2 Å². The standard InChI is InChI=1S/C16H20ClNO2/c1-4-13-6-7-14(20-13)10-18-12-5-8-16(15(17)9-12)19-11(2)3/h5-9,11,18H,4,10H2,1-3H3. The van der Waals surface area contributed by atoms with Gasteiger partial charge in [-0.2, -0.15) is 0 Å². The average molecular weight is 294 g/mol. The van der Waals surface area contributed by atoms with Crippen LogP contribution >= 0.6 is 11.6 Å². The third kappa shape index (κ3) is 3.94. The van der Waals surface area contributed by atoms with Crippen molar-refractivity contribution in [2.24, 2.45) is 0 Å². The van der Waals surface area contributed by atoms with Crippen LogP contribution in [0.15, 0.2) is 34.7 Å². The minimum absolute atomic E-state index is 0.113. The molecule has 20 heavy (non-hydrogen) atoms. The molecule has 108 valence electrons. The van der Waals surface area contributed by atoms with Crippen LogP contribution in [0.1, 0.15) is 32.3 Å². The second-order valence-electron chi connectivity index (χ2n) is 4.89. The molecule has 1 aromatic carbocycles. The van der Waals surface area contributed by atoms with Gasteiger partial charge in [-0.25, -0.2) is 0 Å². The molecule has 0 amide bonds. The molecule has 1 heterocycles. The summed E-state index contributed by atoms with van der Waals surface area (Å²) in [6.07, 6.45) is 1.02. The molecule has 0 spiro atoms. The monoisotopic (exact) mass is 293 g/mol. The van der Waals surface area contributed by atoms with Crippen LogP contribution in [0.2, 0.25) is 5.02 Å². The summed E-state index contributed by atoms with van der Waals surface area (Å²) in [7, 11) is 0. The fourth-order valence-corrected chi connectivity index (χ4v) is 2.08. The van der Waals surface area contributed by atoms with Crippen LogP contribution < -0.4 is 10.1 Å². The predicted molar refractivity (Wildman–Crippen MR) is 82.6 cm³/mol. The number of rotatable bonds is 6. The van der Waals surface area contributed by atoms with Crippen molar-refractivity contribution < 1.29 is 9.15 Å². The SMILES string of the molecule is CCc1ccc(CNc2ccc(OC(C)C)c(Cl)c2)o1. The van der Waals surface area contributed by atoms with Gasteiger partial charge in [0, 0.05) is 12.1 Å². The Bertz CT molecular complexity index is 563. The summed E-state index contributed by atoms with van der Waals surface area (Å²) in [4.78, 5) is 0. The van der Waals surface area contributed by atoms with Gasteiger partial charge in [0.25, 0.3) is 0 Å². The normalized spacial score (nSPS) is 10.8. The van der Waals surface area contributed by atoms with E-state index in [1.165, 1.54) is 0 Å². The molecule has 0 saturated heterocycles. The first-order chi connectivity index (χ1) is 9.58. The largest absolute Gasteiger partial charge is 0.489 e. The molecule has 0 atom stereocenters. The zero-order valence-electron chi connectivity index (χ0n) is 12.1. The fourth-order valence-electron chi connectivity index (χ4n) is 1.86. The van der Waals surface area contributed by atoms with E-state index in [1.54, 1.807) is 0 Å². The van der Waals surface area contributed by atoms with E-state index in [4.69, 9.17) is 20.8 Å². The highest BCUT2D eigenvalue weighted by Gasteiger charge is 2.06. The van der Waals surface area contributed by atoms with Gasteiger partial charge in [0.1, 0.15) is 17.3 Å². The van der Waals surface area contributed by atoms with Gasteiger partial charge in [-0.3, -0.25) is 0 Å². The quantitative estimate of drug-likeness (QED) is 0.823. The molecule has 0 bridgehead atoms. The first-order valence-electron chi connectivity index (χ1n) is 6.86. The highest BCUT2D eigenvalue weighted by atomic mass is 35.5. The Morgan fingerprint density at radius 2 is 1.95 bits per heavy atom. The summed E-state index contributed by atoms with van der Waals surface area (Å²) in [6, 6.07) is 9.69. The van der Waals surface area contributed by atoms with Gasteiger partial charge in [-0.1, -0.05) is 18.5 Å². The minimum atomic E-state index is 0.113. The number of nitrogens with one attached hydrogen (secondary N) is 1. The van der Waals surface area contributed by atoms with Crippen LogP contribution in [0, 0.1) is 0 Å². The summed E-state index contributed by atoms with van der Waals surface area (Å²) >= 11 is 6.19. The van der Waals surface area contributed by atoms with E-state index in [-0.39, 0.29) is 6.10 Å². The summed E-state index contributed by atoms with van der Waals surface area (Å²) in [5.74, 6) is 2.62. The molecule has 0 radical (unpaired) electrons. The summed E-state index contributed by atoms with van der Waals surface area (Å²) < 4.78 is 11.2. The lowest BCUT2D eigenvalue weighted by Gasteiger charge is -2.12. The predicted octanol–water partition coefficient (Wildman–Crippen LogP) is 4.89. The second kappa shape index (κ2) is 6.71. The van der Waals surface area contributed by atoms with Crippen LogP contribution in [0.4, 0.5) is 5.69 Å². The molecular weight excluding hydrogens is 274 g/mol. The highest BCUT2D eigenvalue weighted by Crippen LogP contribution is 2.28. The molecule has 2 rings (SSSR count). The van der Waals surface area contributed by atoms with Crippen molar-refractivity contribution in [2.45, 2.75) is 39.8 Å². The third-order valence-electron chi connectivity index (χ3n) is 2.83. The number of anilines is 1. The fraction of sp³-hybridized carbons (Fsp3) is 0.375. The van der Waals surface area contributed by atoms with E-state index < -0.39 is 0 Å². The molecule has 0 aliphatic heterocycles. The first-order valence-corrected chi connectivity index (χ1v) is 7.24. The van der Waals surface area contributed by atoms with Crippen LogP contribution in [0.25, 0.3) is 0 Å². The van der Waals surface area contributed by atoms with Crippen molar-refractivity contribution in [3.63, 3.8) is 0 Å². The van der Waals surface area contributed by atoms with Gasteiger partial charge in [0.2, 0.25) is 0 Å². The van der Waals surface area contributed by atoms with Crippen LogP contribution in [-0.4, -0.2) is 6.10 Å². The first kappa shape index (κ1) is 14.8. The number of ether oxygens (including phenoxy) is 1. The van der Waals surface area contributed by atoms with E-state index in [2.05, 4.69) is 12.2 Å². The third-order valence-corrected chi connectivity index (χ3v) is 3.12. The molecule has 0 unspecified atom stereocenters. The van der Waals surface area contributed by atoms with Gasteiger partial charge < -0.3 is 14.5 Å². The number of hydrogen-bond donors (Lipinski definition) is 1. The van der Waals surface area contributed by atoms with Gasteiger partial charge in [0.15, 0.2) is 0 Å². The Balaban J connectivity index is 1.97.